The smallest absolute Gasteiger partial charge is 0.233 e. The summed E-state index contributed by atoms with van der Waals surface area (Å²) in [6.45, 7) is 8.03. The van der Waals surface area contributed by atoms with Gasteiger partial charge in [-0.25, -0.2) is 0 Å². The van der Waals surface area contributed by atoms with E-state index in [-0.39, 0.29) is 0 Å². The zero-order valence-electron chi connectivity index (χ0n) is 17.8. The van der Waals surface area contributed by atoms with Crippen LogP contribution >= 0.6 is 0 Å². The molecule has 1 unspecified atom stereocenters. The molecule has 154 valence electrons. The quantitative estimate of drug-likeness (QED) is 0.340. The normalized spacial score (nSPS) is 12.0. The van der Waals surface area contributed by atoms with Crippen molar-refractivity contribution in [3.63, 3.8) is 0 Å². The summed E-state index contributed by atoms with van der Waals surface area (Å²) in [5, 5.41) is 8.59. The third-order valence-corrected chi connectivity index (χ3v) is 5.02. The van der Waals surface area contributed by atoms with E-state index in [2.05, 4.69) is 31.0 Å². The van der Waals surface area contributed by atoms with E-state index in [9.17, 15) is 0 Å². The predicted molar refractivity (Wildman–Crippen MR) is 116 cm³/mol. The van der Waals surface area contributed by atoms with Gasteiger partial charge in [-0.15, -0.1) is 10.2 Å². The first-order valence-corrected chi connectivity index (χ1v) is 10.9. The number of aromatic nitrogens is 2. The molecule has 2 aromatic rings. The molecule has 0 radical (unpaired) electrons. The molecule has 2 rings (SSSR count). The summed E-state index contributed by atoms with van der Waals surface area (Å²) >= 11 is 0. The molecule has 0 saturated heterocycles. The van der Waals surface area contributed by atoms with Gasteiger partial charge in [0.25, 0.3) is 0 Å². The third-order valence-electron chi connectivity index (χ3n) is 5.02. The Balaban J connectivity index is 1.81. The molecule has 28 heavy (non-hydrogen) atoms. The highest BCUT2D eigenvalue weighted by Crippen LogP contribution is 2.29. The second-order valence-electron chi connectivity index (χ2n) is 7.55. The Bertz CT molecular complexity index is 658. The van der Waals surface area contributed by atoms with Gasteiger partial charge >= 0.3 is 0 Å². The molecule has 1 aromatic carbocycles. The molecule has 4 heteroatoms. The fraction of sp³-hybridized carbons (Fsp3) is 0.583. The third kappa shape index (κ3) is 7.87. The summed E-state index contributed by atoms with van der Waals surface area (Å²) in [5.74, 6) is 1.98. The van der Waals surface area contributed by atoms with Crippen molar-refractivity contribution in [2.24, 2.45) is 5.92 Å². The topological polar surface area (TPSA) is 44.2 Å². The summed E-state index contributed by atoms with van der Waals surface area (Å²) in [6, 6.07) is 11.9. The number of unbranched alkanes of at least 4 members (excludes halogenated alkanes) is 6. The standard InChI is InChI=1S/C24H36N2O2/c1-4-6-7-8-9-10-13-18-27-24-17-16-22(25-26-24)21-14-11-12-15-23(21)28-19-20(3)5-2/h11-12,14-17,20H,4-10,13,18-19H2,1-3H3. The van der Waals surface area contributed by atoms with Crippen LogP contribution in [0.5, 0.6) is 11.6 Å². The van der Waals surface area contributed by atoms with Gasteiger partial charge in [0.1, 0.15) is 5.75 Å². The minimum absolute atomic E-state index is 0.529. The monoisotopic (exact) mass is 384 g/mol. The van der Waals surface area contributed by atoms with Gasteiger partial charge in [0.2, 0.25) is 5.88 Å². The number of hydrogen-bond acceptors (Lipinski definition) is 4. The van der Waals surface area contributed by atoms with Gasteiger partial charge < -0.3 is 9.47 Å². The van der Waals surface area contributed by atoms with Crippen molar-refractivity contribution >= 4 is 0 Å². The summed E-state index contributed by atoms with van der Waals surface area (Å²) in [4.78, 5) is 0. The van der Waals surface area contributed by atoms with Gasteiger partial charge in [-0.2, -0.15) is 0 Å². The molecule has 0 saturated carbocycles. The van der Waals surface area contributed by atoms with Crippen LogP contribution in [0.1, 0.15) is 72.1 Å². The Labute approximate surface area is 170 Å². The largest absolute Gasteiger partial charge is 0.493 e. The SMILES string of the molecule is CCCCCCCCCOc1ccc(-c2ccccc2OCC(C)CC)nn1. The lowest BCUT2D eigenvalue weighted by atomic mass is 10.1. The van der Waals surface area contributed by atoms with Crippen molar-refractivity contribution in [3.8, 4) is 22.9 Å². The van der Waals surface area contributed by atoms with E-state index >= 15 is 0 Å². The molecule has 0 aliphatic carbocycles. The summed E-state index contributed by atoms with van der Waals surface area (Å²) in [7, 11) is 0. The van der Waals surface area contributed by atoms with E-state index in [1.165, 1.54) is 38.5 Å². The highest BCUT2D eigenvalue weighted by molar-refractivity contribution is 5.66. The number of hydrogen-bond donors (Lipinski definition) is 0. The second-order valence-corrected chi connectivity index (χ2v) is 7.55. The van der Waals surface area contributed by atoms with E-state index in [1.807, 2.05) is 36.4 Å². The van der Waals surface area contributed by atoms with Gasteiger partial charge in [0.15, 0.2) is 0 Å². The van der Waals surface area contributed by atoms with E-state index in [1.54, 1.807) is 0 Å². The van der Waals surface area contributed by atoms with Gasteiger partial charge in [-0.05, 0) is 30.5 Å². The minimum Gasteiger partial charge on any atom is -0.493 e. The fourth-order valence-electron chi connectivity index (χ4n) is 2.93. The average Bonchev–Trinajstić information content (AvgIpc) is 2.74. The molecule has 0 amide bonds. The summed E-state index contributed by atoms with van der Waals surface area (Å²) in [5.41, 5.74) is 1.78. The molecule has 0 aliphatic heterocycles. The number of benzene rings is 1. The first-order valence-electron chi connectivity index (χ1n) is 10.9. The highest BCUT2D eigenvalue weighted by Gasteiger charge is 2.10. The molecule has 1 aromatic heterocycles. The molecule has 4 nitrogen and oxygen atoms in total. The van der Waals surface area contributed by atoms with Crippen LogP contribution < -0.4 is 9.47 Å². The summed E-state index contributed by atoms with van der Waals surface area (Å²) in [6.07, 6.45) is 10.0. The van der Waals surface area contributed by atoms with Crippen LogP contribution in [0.15, 0.2) is 36.4 Å². The predicted octanol–water partition coefficient (Wildman–Crippen LogP) is 6.70. The Hall–Kier alpha value is -2.10. The molecule has 0 fully saturated rings. The minimum atomic E-state index is 0.529. The van der Waals surface area contributed by atoms with Crippen molar-refractivity contribution in [2.45, 2.75) is 72.1 Å². The molecule has 0 spiro atoms. The van der Waals surface area contributed by atoms with Crippen LogP contribution in [-0.2, 0) is 0 Å². The van der Waals surface area contributed by atoms with E-state index in [4.69, 9.17) is 9.47 Å². The molecule has 0 N–H and O–H groups in total. The Morgan fingerprint density at radius 1 is 0.821 bits per heavy atom. The molecule has 0 bridgehead atoms. The van der Waals surface area contributed by atoms with Crippen LogP contribution in [0.3, 0.4) is 0 Å². The van der Waals surface area contributed by atoms with Crippen LogP contribution in [0.4, 0.5) is 0 Å². The number of ether oxygens (including phenoxy) is 2. The maximum Gasteiger partial charge on any atom is 0.233 e. The van der Waals surface area contributed by atoms with Crippen LogP contribution in [0.25, 0.3) is 11.3 Å². The van der Waals surface area contributed by atoms with Gasteiger partial charge in [0, 0.05) is 11.6 Å². The zero-order valence-corrected chi connectivity index (χ0v) is 17.8. The van der Waals surface area contributed by atoms with Crippen molar-refractivity contribution in [2.75, 3.05) is 13.2 Å². The van der Waals surface area contributed by atoms with Crippen LogP contribution in [0, 0.1) is 5.92 Å². The maximum atomic E-state index is 6.00. The molecular formula is C24H36N2O2. The first-order chi connectivity index (χ1) is 13.7. The van der Waals surface area contributed by atoms with Crippen molar-refractivity contribution < 1.29 is 9.47 Å². The fourth-order valence-corrected chi connectivity index (χ4v) is 2.93. The van der Waals surface area contributed by atoms with Crippen molar-refractivity contribution in [1.29, 1.82) is 0 Å². The summed E-state index contributed by atoms with van der Waals surface area (Å²) < 4.78 is 11.7. The number of para-hydroxylation sites is 1. The van der Waals surface area contributed by atoms with E-state index in [0.29, 0.717) is 25.0 Å². The number of nitrogens with zero attached hydrogens (tertiary/aromatic N) is 2. The Kier molecular flexibility index (Phi) is 10.4. The lowest BCUT2D eigenvalue weighted by Crippen LogP contribution is -2.08. The van der Waals surface area contributed by atoms with Gasteiger partial charge in [0.05, 0.1) is 18.9 Å². The highest BCUT2D eigenvalue weighted by atomic mass is 16.5. The lowest BCUT2D eigenvalue weighted by Gasteiger charge is -2.14. The number of rotatable bonds is 14. The molecule has 1 atom stereocenters. The molecule has 0 aliphatic rings. The van der Waals surface area contributed by atoms with E-state index in [0.717, 1.165) is 29.8 Å². The van der Waals surface area contributed by atoms with Gasteiger partial charge in [-0.3, -0.25) is 0 Å². The lowest BCUT2D eigenvalue weighted by molar-refractivity contribution is 0.257. The van der Waals surface area contributed by atoms with Crippen molar-refractivity contribution in [3.05, 3.63) is 36.4 Å². The van der Waals surface area contributed by atoms with Crippen molar-refractivity contribution in [1.82, 2.24) is 10.2 Å². The second kappa shape index (κ2) is 13.1. The molecule has 1 heterocycles. The maximum absolute atomic E-state index is 6.00. The van der Waals surface area contributed by atoms with Crippen LogP contribution in [0.2, 0.25) is 0 Å². The Morgan fingerprint density at radius 2 is 1.57 bits per heavy atom. The zero-order chi connectivity index (χ0) is 20.0. The molecular weight excluding hydrogens is 348 g/mol. The van der Waals surface area contributed by atoms with E-state index < -0.39 is 0 Å². The average molecular weight is 385 g/mol. The van der Waals surface area contributed by atoms with Crippen LogP contribution in [-0.4, -0.2) is 23.4 Å². The Morgan fingerprint density at radius 3 is 2.29 bits per heavy atom. The first kappa shape index (κ1) is 22.2. The van der Waals surface area contributed by atoms with Gasteiger partial charge in [-0.1, -0.05) is 77.8 Å².